The zero-order valence-electron chi connectivity index (χ0n) is 14.2. The largest absolute Gasteiger partial charge is 0.442 e. The third kappa shape index (κ3) is 6.23. The number of hydrogen-bond acceptors (Lipinski definition) is 4. The monoisotopic (exact) mass is 302 g/mol. The molecule has 0 rings (SSSR count). The third-order valence-corrected chi connectivity index (χ3v) is 3.51. The molecule has 2 amide bonds. The molecule has 0 fully saturated rings. The van der Waals surface area contributed by atoms with Gasteiger partial charge >= 0.3 is 12.2 Å². The van der Waals surface area contributed by atoms with Crippen LogP contribution in [0.1, 0.15) is 48.0 Å². The minimum atomic E-state index is -0.470. The zero-order chi connectivity index (χ0) is 16.4. The van der Waals surface area contributed by atoms with E-state index in [2.05, 4.69) is 0 Å². The predicted molar refractivity (Wildman–Crippen MR) is 82.3 cm³/mol. The van der Waals surface area contributed by atoms with Crippen molar-refractivity contribution < 1.29 is 19.1 Å². The van der Waals surface area contributed by atoms with E-state index in [1.54, 1.807) is 16.7 Å². The standard InChI is InChI=1S/C15H30N2O4/c1-7-13(21-15(19)17(10-4)11-5)12(6)20-14(18)16(8-2)9-3/h12-13H,7-11H2,1-6H3. The highest BCUT2D eigenvalue weighted by molar-refractivity contribution is 5.68. The number of rotatable bonds is 8. The number of nitrogens with zero attached hydrogens (tertiary/aromatic N) is 2. The van der Waals surface area contributed by atoms with Crippen molar-refractivity contribution in [2.75, 3.05) is 26.2 Å². The van der Waals surface area contributed by atoms with Crippen molar-refractivity contribution >= 4 is 12.2 Å². The van der Waals surface area contributed by atoms with Gasteiger partial charge in [-0.15, -0.1) is 0 Å². The van der Waals surface area contributed by atoms with Crippen LogP contribution in [0.15, 0.2) is 0 Å². The zero-order valence-corrected chi connectivity index (χ0v) is 14.2. The summed E-state index contributed by atoms with van der Waals surface area (Å²) < 4.78 is 10.8. The van der Waals surface area contributed by atoms with Crippen LogP contribution in [0.5, 0.6) is 0 Å². The molecule has 0 aromatic heterocycles. The molecular weight excluding hydrogens is 272 g/mol. The molecule has 0 aromatic rings. The van der Waals surface area contributed by atoms with Gasteiger partial charge in [0.1, 0.15) is 12.2 Å². The van der Waals surface area contributed by atoms with E-state index >= 15 is 0 Å². The molecule has 0 aliphatic heterocycles. The van der Waals surface area contributed by atoms with E-state index in [1.807, 2.05) is 34.6 Å². The average Bonchev–Trinajstić information content (AvgIpc) is 2.47. The molecule has 0 heterocycles. The quantitative estimate of drug-likeness (QED) is 0.691. The topological polar surface area (TPSA) is 59.1 Å². The molecule has 2 unspecified atom stereocenters. The van der Waals surface area contributed by atoms with E-state index in [1.165, 1.54) is 0 Å². The Labute approximate surface area is 128 Å². The summed E-state index contributed by atoms with van der Waals surface area (Å²) in [5, 5.41) is 0. The summed E-state index contributed by atoms with van der Waals surface area (Å²) in [5.41, 5.74) is 0. The molecule has 6 nitrogen and oxygen atoms in total. The summed E-state index contributed by atoms with van der Waals surface area (Å²) in [6.45, 7) is 13.6. The van der Waals surface area contributed by atoms with Gasteiger partial charge in [0.15, 0.2) is 0 Å². The Hall–Kier alpha value is -1.46. The fraction of sp³-hybridized carbons (Fsp3) is 0.867. The van der Waals surface area contributed by atoms with Crippen LogP contribution in [-0.4, -0.2) is 60.4 Å². The number of ether oxygens (including phenoxy) is 2. The minimum absolute atomic E-state index is 0.363. The second-order valence-corrected chi connectivity index (χ2v) is 4.76. The second-order valence-electron chi connectivity index (χ2n) is 4.76. The van der Waals surface area contributed by atoms with E-state index in [-0.39, 0.29) is 12.2 Å². The van der Waals surface area contributed by atoms with Crippen LogP contribution >= 0.6 is 0 Å². The van der Waals surface area contributed by atoms with Gasteiger partial charge in [0.2, 0.25) is 0 Å². The van der Waals surface area contributed by atoms with Gasteiger partial charge in [-0.3, -0.25) is 0 Å². The maximum absolute atomic E-state index is 12.0. The van der Waals surface area contributed by atoms with Crippen LogP contribution < -0.4 is 0 Å². The van der Waals surface area contributed by atoms with Crippen LogP contribution in [0.25, 0.3) is 0 Å². The highest BCUT2D eigenvalue weighted by atomic mass is 16.6. The lowest BCUT2D eigenvalue weighted by molar-refractivity contribution is -0.0229. The van der Waals surface area contributed by atoms with E-state index < -0.39 is 12.2 Å². The lowest BCUT2D eigenvalue weighted by Gasteiger charge is -2.28. The van der Waals surface area contributed by atoms with Gasteiger partial charge in [0.05, 0.1) is 0 Å². The van der Waals surface area contributed by atoms with Gasteiger partial charge in [0, 0.05) is 26.2 Å². The van der Waals surface area contributed by atoms with Crippen LogP contribution in [0.4, 0.5) is 9.59 Å². The summed E-state index contributed by atoms with van der Waals surface area (Å²) in [6.07, 6.45) is -1.04. The Kier molecular flexibility index (Phi) is 9.58. The normalized spacial score (nSPS) is 13.2. The van der Waals surface area contributed by atoms with Crippen LogP contribution in [0.2, 0.25) is 0 Å². The lowest BCUT2D eigenvalue weighted by atomic mass is 10.2. The fourth-order valence-electron chi connectivity index (χ4n) is 1.99. The van der Waals surface area contributed by atoms with Crippen LogP contribution in [-0.2, 0) is 9.47 Å². The molecular formula is C15H30N2O4. The molecule has 0 saturated carbocycles. The van der Waals surface area contributed by atoms with Crippen molar-refractivity contribution in [3.63, 3.8) is 0 Å². The molecule has 0 bridgehead atoms. The third-order valence-electron chi connectivity index (χ3n) is 3.51. The van der Waals surface area contributed by atoms with E-state index in [0.717, 1.165) is 0 Å². The predicted octanol–water partition coefficient (Wildman–Crippen LogP) is 3.11. The maximum Gasteiger partial charge on any atom is 0.410 e. The summed E-state index contributed by atoms with van der Waals surface area (Å²) in [6, 6.07) is 0. The molecule has 0 N–H and O–H groups in total. The number of carbonyl (C=O) groups excluding carboxylic acids is 2. The molecule has 0 aliphatic carbocycles. The Morgan fingerprint density at radius 1 is 0.810 bits per heavy atom. The highest BCUT2D eigenvalue weighted by Gasteiger charge is 2.26. The first-order chi connectivity index (χ1) is 9.94. The van der Waals surface area contributed by atoms with Crippen molar-refractivity contribution in [3.8, 4) is 0 Å². The van der Waals surface area contributed by atoms with Crippen molar-refractivity contribution in [2.45, 2.75) is 60.2 Å². The van der Waals surface area contributed by atoms with E-state index in [0.29, 0.717) is 32.6 Å². The molecule has 0 aliphatic rings. The summed E-state index contributed by atoms with van der Waals surface area (Å²) >= 11 is 0. The van der Waals surface area contributed by atoms with Gasteiger partial charge in [0.25, 0.3) is 0 Å². The van der Waals surface area contributed by atoms with Gasteiger partial charge < -0.3 is 19.3 Å². The molecule has 0 spiro atoms. The van der Waals surface area contributed by atoms with Crippen LogP contribution in [0.3, 0.4) is 0 Å². The van der Waals surface area contributed by atoms with Gasteiger partial charge in [-0.1, -0.05) is 6.92 Å². The molecule has 0 radical (unpaired) electrons. The smallest absolute Gasteiger partial charge is 0.410 e. The van der Waals surface area contributed by atoms with Crippen molar-refractivity contribution in [3.05, 3.63) is 0 Å². The molecule has 0 aromatic carbocycles. The number of hydrogen-bond donors (Lipinski definition) is 0. The highest BCUT2D eigenvalue weighted by Crippen LogP contribution is 2.12. The van der Waals surface area contributed by atoms with Crippen molar-refractivity contribution in [1.29, 1.82) is 0 Å². The molecule has 124 valence electrons. The molecule has 6 heteroatoms. The van der Waals surface area contributed by atoms with Crippen molar-refractivity contribution in [1.82, 2.24) is 9.80 Å². The average molecular weight is 302 g/mol. The van der Waals surface area contributed by atoms with Gasteiger partial charge in [-0.25, -0.2) is 9.59 Å². The second kappa shape index (κ2) is 10.3. The first-order valence-corrected chi connectivity index (χ1v) is 7.85. The van der Waals surface area contributed by atoms with E-state index in [9.17, 15) is 9.59 Å². The first-order valence-electron chi connectivity index (χ1n) is 7.85. The summed E-state index contributed by atoms with van der Waals surface area (Å²) in [4.78, 5) is 27.1. The Balaban J connectivity index is 4.58. The maximum atomic E-state index is 12.0. The Bertz CT molecular complexity index is 315. The van der Waals surface area contributed by atoms with Gasteiger partial charge in [-0.2, -0.15) is 0 Å². The van der Waals surface area contributed by atoms with Crippen molar-refractivity contribution in [2.24, 2.45) is 0 Å². The van der Waals surface area contributed by atoms with E-state index in [4.69, 9.17) is 9.47 Å². The van der Waals surface area contributed by atoms with Gasteiger partial charge in [-0.05, 0) is 41.0 Å². The Morgan fingerprint density at radius 2 is 1.19 bits per heavy atom. The van der Waals surface area contributed by atoms with Crippen LogP contribution in [0, 0.1) is 0 Å². The summed E-state index contributed by atoms with van der Waals surface area (Å²) in [7, 11) is 0. The number of carbonyl (C=O) groups is 2. The molecule has 0 saturated heterocycles. The minimum Gasteiger partial charge on any atom is -0.442 e. The SMILES string of the molecule is CCC(OC(=O)N(CC)CC)C(C)OC(=O)N(CC)CC. The summed E-state index contributed by atoms with van der Waals surface area (Å²) in [5.74, 6) is 0. The fourth-order valence-corrected chi connectivity index (χ4v) is 1.99. The first kappa shape index (κ1) is 19.5. The number of amides is 2. The molecule has 21 heavy (non-hydrogen) atoms. The molecule has 2 atom stereocenters. The lowest BCUT2D eigenvalue weighted by Crippen LogP contribution is -2.41. The Morgan fingerprint density at radius 3 is 1.52 bits per heavy atom.